The molecule has 3 rings (SSSR count). The number of carbonyl (C=O) groups excluding carboxylic acids is 2. The number of H-pyrrole nitrogens is 1. The Labute approximate surface area is 133 Å². The molecule has 0 unspecified atom stereocenters. The smallest absolute Gasteiger partial charge is 0.252 e. The maximum atomic E-state index is 12.3. The summed E-state index contributed by atoms with van der Waals surface area (Å²) in [5, 5.41) is 14.9. The maximum Gasteiger partial charge on any atom is 0.252 e. The summed E-state index contributed by atoms with van der Waals surface area (Å²) in [6.07, 6.45) is 5.66. The van der Waals surface area contributed by atoms with Crippen LogP contribution in [0.2, 0.25) is 0 Å². The van der Waals surface area contributed by atoms with Crippen molar-refractivity contribution in [3.8, 4) is 0 Å². The molecule has 1 heterocycles. The lowest BCUT2D eigenvalue weighted by Gasteiger charge is -2.19. The van der Waals surface area contributed by atoms with Gasteiger partial charge in [0.25, 0.3) is 5.91 Å². The molecule has 0 spiro atoms. The maximum absolute atomic E-state index is 12.3. The van der Waals surface area contributed by atoms with E-state index in [-0.39, 0.29) is 11.9 Å². The Morgan fingerprint density at radius 1 is 1.35 bits per heavy atom. The third-order valence-corrected chi connectivity index (χ3v) is 4.19. The van der Waals surface area contributed by atoms with E-state index in [1.165, 1.54) is 0 Å². The SMILES string of the molecule is O=C(N[C@@H](CO)C(=O)NC1CCCC1)c1ccc2nc[nH]c2c1. The number of hydrogen-bond acceptors (Lipinski definition) is 4. The molecule has 2 amide bonds. The first-order valence-corrected chi connectivity index (χ1v) is 7.82. The van der Waals surface area contributed by atoms with Crippen molar-refractivity contribution in [2.45, 2.75) is 37.8 Å². The van der Waals surface area contributed by atoms with E-state index in [0.29, 0.717) is 5.56 Å². The third kappa shape index (κ3) is 3.50. The van der Waals surface area contributed by atoms with Gasteiger partial charge in [-0.2, -0.15) is 0 Å². The molecule has 23 heavy (non-hydrogen) atoms. The lowest BCUT2D eigenvalue weighted by molar-refractivity contribution is -0.124. The molecule has 1 aliphatic carbocycles. The molecule has 0 saturated heterocycles. The zero-order valence-electron chi connectivity index (χ0n) is 12.7. The summed E-state index contributed by atoms with van der Waals surface area (Å²) in [6, 6.07) is 4.24. The number of aliphatic hydroxyl groups excluding tert-OH is 1. The van der Waals surface area contributed by atoms with Gasteiger partial charge in [-0.25, -0.2) is 4.98 Å². The summed E-state index contributed by atoms with van der Waals surface area (Å²) in [7, 11) is 0. The topological polar surface area (TPSA) is 107 Å². The molecule has 1 aromatic carbocycles. The van der Waals surface area contributed by atoms with Gasteiger partial charge >= 0.3 is 0 Å². The molecule has 1 aliphatic rings. The lowest BCUT2D eigenvalue weighted by atomic mass is 10.1. The Kier molecular flexibility index (Phi) is 4.57. The van der Waals surface area contributed by atoms with Gasteiger partial charge in [-0.05, 0) is 31.0 Å². The van der Waals surface area contributed by atoms with Gasteiger partial charge in [-0.3, -0.25) is 9.59 Å². The minimum Gasteiger partial charge on any atom is -0.394 e. The van der Waals surface area contributed by atoms with E-state index in [4.69, 9.17) is 0 Å². The number of hydrogen-bond donors (Lipinski definition) is 4. The first-order chi connectivity index (χ1) is 11.2. The molecule has 0 aliphatic heterocycles. The molecule has 1 aromatic heterocycles. The van der Waals surface area contributed by atoms with Crippen molar-refractivity contribution in [2.24, 2.45) is 0 Å². The summed E-state index contributed by atoms with van der Waals surface area (Å²) in [5.41, 5.74) is 1.92. The molecule has 122 valence electrons. The molecule has 0 bridgehead atoms. The molecular weight excluding hydrogens is 296 g/mol. The van der Waals surface area contributed by atoms with Crippen LogP contribution in [0.5, 0.6) is 0 Å². The van der Waals surface area contributed by atoms with Crippen LogP contribution in [0.4, 0.5) is 0 Å². The van der Waals surface area contributed by atoms with Crippen LogP contribution in [0.3, 0.4) is 0 Å². The highest BCUT2D eigenvalue weighted by molar-refractivity contribution is 5.99. The van der Waals surface area contributed by atoms with Crippen LogP contribution in [0.15, 0.2) is 24.5 Å². The van der Waals surface area contributed by atoms with Gasteiger partial charge in [0, 0.05) is 11.6 Å². The van der Waals surface area contributed by atoms with Crippen molar-refractivity contribution in [3.05, 3.63) is 30.1 Å². The fourth-order valence-electron chi connectivity index (χ4n) is 2.88. The van der Waals surface area contributed by atoms with E-state index in [1.807, 2.05) is 0 Å². The van der Waals surface area contributed by atoms with Crippen LogP contribution in [-0.2, 0) is 4.79 Å². The highest BCUT2D eigenvalue weighted by Gasteiger charge is 2.24. The highest BCUT2D eigenvalue weighted by Crippen LogP contribution is 2.17. The highest BCUT2D eigenvalue weighted by atomic mass is 16.3. The zero-order valence-corrected chi connectivity index (χ0v) is 12.7. The number of nitrogens with zero attached hydrogens (tertiary/aromatic N) is 1. The number of aromatic nitrogens is 2. The van der Waals surface area contributed by atoms with Crippen molar-refractivity contribution in [3.63, 3.8) is 0 Å². The normalized spacial score (nSPS) is 16.4. The Balaban J connectivity index is 1.64. The van der Waals surface area contributed by atoms with E-state index >= 15 is 0 Å². The third-order valence-electron chi connectivity index (χ3n) is 4.19. The van der Waals surface area contributed by atoms with Crippen LogP contribution in [-0.4, -0.2) is 45.6 Å². The molecule has 1 saturated carbocycles. The number of amides is 2. The molecule has 7 heteroatoms. The van der Waals surface area contributed by atoms with Crippen LogP contribution in [0.1, 0.15) is 36.0 Å². The predicted octanol–water partition coefficient (Wildman–Crippen LogP) is 0.712. The number of benzene rings is 1. The second-order valence-electron chi connectivity index (χ2n) is 5.83. The summed E-state index contributed by atoms with van der Waals surface area (Å²) in [5.74, 6) is -0.738. The first kappa shape index (κ1) is 15.5. The predicted molar refractivity (Wildman–Crippen MR) is 84.8 cm³/mol. The Morgan fingerprint density at radius 2 is 2.13 bits per heavy atom. The second-order valence-corrected chi connectivity index (χ2v) is 5.83. The fourth-order valence-corrected chi connectivity index (χ4v) is 2.88. The van der Waals surface area contributed by atoms with Crippen molar-refractivity contribution in [1.82, 2.24) is 20.6 Å². The van der Waals surface area contributed by atoms with Gasteiger partial charge in [0.2, 0.25) is 5.91 Å². The average molecular weight is 316 g/mol. The summed E-state index contributed by atoms with van der Waals surface area (Å²) in [4.78, 5) is 31.5. The quantitative estimate of drug-likeness (QED) is 0.651. The minimum atomic E-state index is -0.944. The summed E-state index contributed by atoms with van der Waals surface area (Å²) < 4.78 is 0. The van der Waals surface area contributed by atoms with E-state index in [2.05, 4.69) is 20.6 Å². The molecule has 1 atom stereocenters. The van der Waals surface area contributed by atoms with E-state index in [0.717, 1.165) is 36.7 Å². The van der Waals surface area contributed by atoms with Crippen molar-refractivity contribution >= 4 is 22.8 Å². The molecule has 7 nitrogen and oxygen atoms in total. The molecule has 4 N–H and O–H groups in total. The van der Waals surface area contributed by atoms with Gasteiger partial charge in [0.15, 0.2) is 0 Å². The van der Waals surface area contributed by atoms with Gasteiger partial charge < -0.3 is 20.7 Å². The van der Waals surface area contributed by atoms with Crippen molar-refractivity contribution in [2.75, 3.05) is 6.61 Å². The summed E-state index contributed by atoms with van der Waals surface area (Å²) >= 11 is 0. The van der Waals surface area contributed by atoms with Gasteiger partial charge in [-0.15, -0.1) is 0 Å². The zero-order chi connectivity index (χ0) is 16.2. The van der Waals surface area contributed by atoms with Crippen LogP contribution in [0.25, 0.3) is 11.0 Å². The van der Waals surface area contributed by atoms with Gasteiger partial charge in [-0.1, -0.05) is 12.8 Å². The van der Waals surface area contributed by atoms with Crippen molar-refractivity contribution in [1.29, 1.82) is 0 Å². The van der Waals surface area contributed by atoms with Crippen LogP contribution >= 0.6 is 0 Å². The fraction of sp³-hybridized carbons (Fsp3) is 0.438. The Morgan fingerprint density at radius 3 is 2.87 bits per heavy atom. The number of imidazole rings is 1. The van der Waals surface area contributed by atoms with Gasteiger partial charge in [0.1, 0.15) is 6.04 Å². The average Bonchev–Trinajstić information content (AvgIpc) is 3.22. The van der Waals surface area contributed by atoms with E-state index in [9.17, 15) is 14.7 Å². The van der Waals surface area contributed by atoms with Crippen LogP contribution < -0.4 is 10.6 Å². The number of fused-ring (bicyclic) bond motifs is 1. The number of aromatic amines is 1. The molecule has 0 radical (unpaired) electrons. The molecule has 2 aromatic rings. The van der Waals surface area contributed by atoms with Crippen molar-refractivity contribution < 1.29 is 14.7 Å². The minimum absolute atomic E-state index is 0.148. The number of rotatable bonds is 5. The number of carbonyl (C=O) groups is 2. The number of aliphatic hydroxyl groups is 1. The Hall–Kier alpha value is -2.41. The second kappa shape index (κ2) is 6.78. The Bertz CT molecular complexity index is 706. The van der Waals surface area contributed by atoms with E-state index < -0.39 is 18.6 Å². The number of nitrogens with one attached hydrogen (secondary N) is 3. The standard InChI is InChI=1S/C16H20N4O3/c21-8-14(16(23)19-11-3-1-2-4-11)20-15(22)10-5-6-12-13(7-10)18-9-17-12/h5-7,9,11,14,21H,1-4,8H2,(H,17,18)(H,19,23)(H,20,22)/t14-/m0/s1. The largest absolute Gasteiger partial charge is 0.394 e. The van der Waals surface area contributed by atoms with Crippen LogP contribution in [0, 0.1) is 0 Å². The lowest BCUT2D eigenvalue weighted by Crippen LogP contribution is -2.51. The molecular formula is C16H20N4O3. The first-order valence-electron chi connectivity index (χ1n) is 7.82. The van der Waals surface area contributed by atoms with Gasteiger partial charge in [0.05, 0.1) is 24.0 Å². The van der Waals surface area contributed by atoms with E-state index in [1.54, 1.807) is 24.5 Å². The monoisotopic (exact) mass is 316 g/mol. The molecule has 1 fully saturated rings. The summed E-state index contributed by atoms with van der Waals surface area (Å²) in [6.45, 7) is -0.434.